The van der Waals surface area contributed by atoms with E-state index in [4.69, 9.17) is 4.42 Å². The van der Waals surface area contributed by atoms with Crippen LogP contribution < -0.4 is 5.32 Å². The van der Waals surface area contributed by atoms with Crippen molar-refractivity contribution >= 4 is 28.8 Å². The van der Waals surface area contributed by atoms with Crippen LogP contribution in [0.15, 0.2) is 33.9 Å². The van der Waals surface area contributed by atoms with Crippen LogP contribution in [0.1, 0.15) is 19.8 Å². The van der Waals surface area contributed by atoms with Crippen LogP contribution in [0.5, 0.6) is 0 Å². The molecule has 3 rings (SSSR count). The Morgan fingerprint density at radius 3 is 2.90 bits per heavy atom. The van der Waals surface area contributed by atoms with Gasteiger partial charge in [-0.15, -0.1) is 0 Å². The zero-order chi connectivity index (χ0) is 14.9. The van der Waals surface area contributed by atoms with E-state index in [1.807, 2.05) is 31.2 Å². The average molecular weight is 306 g/mol. The normalized spacial score (nSPS) is 17.8. The van der Waals surface area contributed by atoms with Gasteiger partial charge >= 0.3 is 5.97 Å². The molecule has 1 saturated carbocycles. The molecule has 1 aliphatic carbocycles. The van der Waals surface area contributed by atoms with E-state index in [1.165, 1.54) is 11.8 Å². The summed E-state index contributed by atoms with van der Waals surface area (Å²) in [6.45, 7) is 2.57. The van der Waals surface area contributed by atoms with Gasteiger partial charge in [-0.2, -0.15) is 0 Å². The number of rotatable bonds is 7. The number of hydrogen-bond donors (Lipinski definition) is 2. The van der Waals surface area contributed by atoms with Crippen LogP contribution in [0.3, 0.4) is 0 Å². The fourth-order valence-electron chi connectivity index (χ4n) is 2.61. The first-order chi connectivity index (χ1) is 10.2. The maximum Gasteiger partial charge on any atom is 0.325 e. The average Bonchev–Trinajstić information content (AvgIpc) is 3.23. The Morgan fingerprint density at radius 1 is 1.52 bits per heavy atom. The molecule has 2 aromatic rings. The number of para-hydroxylation sites is 2. The second kappa shape index (κ2) is 5.69. The third-order valence-corrected chi connectivity index (χ3v) is 4.87. The van der Waals surface area contributed by atoms with Crippen molar-refractivity contribution in [2.45, 2.75) is 30.5 Å². The van der Waals surface area contributed by atoms with Crippen molar-refractivity contribution in [1.29, 1.82) is 0 Å². The highest BCUT2D eigenvalue weighted by Gasteiger charge is 2.50. The quantitative estimate of drug-likeness (QED) is 0.766. The van der Waals surface area contributed by atoms with Crippen molar-refractivity contribution in [3.8, 4) is 0 Å². The third-order valence-electron chi connectivity index (χ3n) is 3.85. The lowest BCUT2D eigenvalue weighted by atomic mass is 9.96. The number of likely N-dealkylation sites (N-methyl/N-ethyl adjacent to an activating group) is 1. The van der Waals surface area contributed by atoms with Gasteiger partial charge < -0.3 is 14.8 Å². The van der Waals surface area contributed by atoms with Crippen molar-refractivity contribution in [3.05, 3.63) is 24.3 Å². The highest BCUT2D eigenvalue weighted by atomic mass is 32.2. The van der Waals surface area contributed by atoms with E-state index < -0.39 is 11.5 Å². The van der Waals surface area contributed by atoms with E-state index in [1.54, 1.807) is 0 Å². The molecular weight excluding hydrogens is 288 g/mol. The summed E-state index contributed by atoms with van der Waals surface area (Å²) in [6, 6.07) is 7.55. The number of aromatic nitrogens is 1. The molecule has 1 fully saturated rings. The summed E-state index contributed by atoms with van der Waals surface area (Å²) in [6.07, 6.45) is 1.93. The monoisotopic (exact) mass is 306 g/mol. The zero-order valence-corrected chi connectivity index (χ0v) is 12.7. The molecule has 0 spiro atoms. The second-order valence-corrected chi connectivity index (χ2v) is 6.24. The minimum absolute atomic E-state index is 0.201. The van der Waals surface area contributed by atoms with Crippen molar-refractivity contribution in [3.63, 3.8) is 0 Å². The number of oxazole rings is 1. The van der Waals surface area contributed by atoms with Gasteiger partial charge in [0.2, 0.25) is 0 Å². The summed E-state index contributed by atoms with van der Waals surface area (Å²) in [5.41, 5.74) is 0.659. The number of hydrogen-bond acceptors (Lipinski definition) is 5. The lowest BCUT2D eigenvalue weighted by Crippen LogP contribution is -2.56. The minimum atomic E-state index is -0.875. The van der Waals surface area contributed by atoms with E-state index in [0.717, 1.165) is 23.9 Å². The summed E-state index contributed by atoms with van der Waals surface area (Å²) in [4.78, 5) is 16.1. The van der Waals surface area contributed by atoms with Crippen molar-refractivity contribution in [2.24, 2.45) is 5.92 Å². The van der Waals surface area contributed by atoms with Crippen LogP contribution in [0.4, 0.5) is 0 Å². The van der Waals surface area contributed by atoms with E-state index in [0.29, 0.717) is 17.5 Å². The predicted octanol–water partition coefficient (Wildman–Crippen LogP) is 2.76. The molecule has 0 radical (unpaired) electrons. The predicted molar refractivity (Wildman–Crippen MR) is 81.5 cm³/mol. The molecule has 0 amide bonds. The van der Waals surface area contributed by atoms with Crippen molar-refractivity contribution < 1.29 is 14.3 Å². The number of thioether (sulfide) groups is 1. The summed E-state index contributed by atoms with van der Waals surface area (Å²) in [7, 11) is 0. The fourth-order valence-corrected chi connectivity index (χ4v) is 3.73. The topological polar surface area (TPSA) is 75.4 Å². The summed E-state index contributed by atoms with van der Waals surface area (Å²) in [5, 5.41) is 13.4. The SMILES string of the molecule is CCNC(CSc1nc2ccccc2o1)(C(=O)O)C1CC1. The number of carboxylic acids is 1. The summed E-state index contributed by atoms with van der Waals surface area (Å²) >= 11 is 1.37. The molecule has 2 N–H and O–H groups in total. The van der Waals surface area contributed by atoms with Gasteiger partial charge in [0, 0.05) is 5.75 Å². The van der Waals surface area contributed by atoms with Crippen molar-refractivity contribution in [2.75, 3.05) is 12.3 Å². The standard InChI is InChI=1S/C15H18N2O3S/c1-2-16-15(13(18)19,10-7-8-10)9-21-14-17-11-5-3-4-6-12(11)20-14/h3-6,10,16H,2,7-9H2,1H3,(H,18,19). The van der Waals surface area contributed by atoms with Gasteiger partial charge in [-0.1, -0.05) is 30.8 Å². The number of aliphatic carboxylic acids is 1. The molecule has 6 heteroatoms. The molecule has 5 nitrogen and oxygen atoms in total. The lowest BCUT2D eigenvalue weighted by Gasteiger charge is -2.29. The van der Waals surface area contributed by atoms with Crippen LogP contribution in [-0.4, -0.2) is 33.9 Å². The zero-order valence-electron chi connectivity index (χ0n) is 11.8. The molecule has 21 heavy (non-hydrogen) atoms. The molecule has 1 aromatic carbocycles. The van der Waals surface area contributed by atoms with Crippen LogP contribution in [0, 0.1) is 5.92 Å². The number of carbonyl (C=O) groups is 1. The molecule has 1 aromatic heterocycles. The largest absolute Gasteiger partial charge is 0.480 e. The first-order valence-electron chi connectivity index (χ1n) is 7.12. The van der Waals surface area contributed by atoms with Gasteiger partial charge in [-0.05, 0) is 37.4 Å². The molecule has 1 heterocycles. The number of nitrogens with one attached hydrogen (secondary N) is 1. The Labute approximate surface area is 127 Å². The van der Waals surface area contributed by atoms with Crippen molar-refractivity contribution in [1.82, 2.24) is 10.3 Å². The number of benzene rings is 1. The Kier molecular flexibility index (Phi) is 3.91. The highest BCUT2D eigenvalue weighted by molar-refractivity contribution is 7.99. The second-order valence-electron chi connectivity index (χ2n) is 5.32. The molecule has 1 aliphatic rings. The fraction of sp³-hybridized carbons (Fsp3) is 0.467. The van der Waals surface area contributed by atoms with E-state index in [9.17, 15) is 9.90 Å². The van der Waals surface area contributed by atoms with E-state index in [2.05, 4.69) is 10.3 Å². The summed E-state index contributed by atoms with van der Waals surface area (Å²) < 4.78 is 5.65. The Bertz CT molecular complexity index is 620. The first-order valence-corrected chi connectivity index (χ1v) is 8.11. The van der Waals surface area contributed by atoms with Gasteiger partial charge in [0.15, 0.2) is 5.58 Å². The Balaban J connectivity index is 1.78. The summed E-state index contributed by atoms with van der Waals surface area (Å²) in [5.74, 6) is -0.157. The Morgan fingerprint density at radius 2 is 2.29 bits per heavy atom. The van der Waals surface area contributed by atoms with Crippen LogP contribution >= 0.6 is 11.8 Å². The van der Waals surface area contributed by atoms with Gasteiger partial charge in [-0.25, -0.2) is 4.98 Å². The van der Waals surface area contributed by atoms with Crippen LogP contribution in [0.2, 0.25) is 0 Å². The number of nitrogens with zero attached hydrogens (tertiary/aromatic N) is 1. The van der Waals surface area contributed by atoms with Gasteiger partial charge in [0.25, 0.3) is 5.22 Å². The highest BCUT2D eigenvalue weighted by Crippen LogP contribution is 2.42. The lowest BCUT2D eigenvalue weighted by molar-refractivity contribution is -0.144. The van der Waals surface area contributed by atoms with E-state index >= 15 is 0 Å². The minimum Gasteiger partial charge on any atom is -0.480 e. The van der Waals surface area contributed by atoms with Gasteiger partial charge in [-0.3, -0.25) is 4.79 Å². The molecule has 112 valence electrons. The third kappa shape index (κ3) is 2.78. The van der Waals surface area contributed by atoms with Crippen LogP contribution in [0.25, 0.3) is 11.1 Å². The maximum absolute atomic E-state index is 11.8. The van der Waals surface area contributed by atoms with E-state index in [-0.39, 0.29) is 5.92 Å². The smallest absolute Gasteiger partial charge is 0.325 e. The van der Waals surface area contributed by atoms with Gasteiger partial charge in [0.1, 0.15) is 11.1 Å². The molecule has 1 atom stereocenters. The number of carboxylic acid groups (broad SMARTS) is 1. The molecule has 0 saturated heterocycles. The Hall–Kier alpha value is -1.53. The molecule has 0 aliphatic heterocycles. The first kappa shape index (κ1) is 14.4. The molecule has 0 bridgehead atoms. The molecular formula is C15H18N2O3S. The number of fused-ring (bicyclic) bond motifs is 1. The molecule has 1 unspecified atom stereocenters. The van der Waals surface area contributed by atoms with Crippen LogP contribution in [-0.2, 0) is 4.79 Å². The van der Waals surface area contributed by atoms with Gasteiger partial charge in [0.05, 0.1) is 0 Å². The maximum atomic E-state index is 11.8.